The van der Waals surface area contributed by atoms with Gasteiger partial charge in [-0.2, -0.15) is 0 Å². The Balaban J connectivity index is 1.99. The molecule has 2 atom stereocenters. The molecule has 1 aromatic heterocycles. The highest BCUT2D eigenvalue weighted by Crippen LogP contribution is 2.21. The van der Waals surface area contributed by atoms with E-state index in [0.29, 0.717) is 12.0 Å². The molecule has 16 heavy (non-hydrogen) atoms. The number of aromatic nitrogens is 1. The number of halogens is 1. The molecule has 4 heteroatoms. The van der Waals surface area contributed by atoms with E-state index in [1.54, 1.807) is 0 Å². The van der Waals surface area contributed by atoms with Crippen molar-refractivity contribution in [3.8, 4) is 0 Å². The summed E-state index contributed by atoms with van der Waals surface area (Å²) in [7, 11) is 0. The Morgan fingerprint density at radius 2 is 2.38 bits per heavy atom. The van der Waals surface area contributed by atoms with E-state index in [-0.39, 0.29) is 0 Å². The van der Waals surface area contributed by atoms with Gasteiger partial charge in [-0.3, -0.25) is 0 Å². The minimum absolute atomic E-state index is 0.413. The lowest BCUT2D eigenvalue weighted by atomic mass is 10.0. The number of nitrogens with zero attached hydrogens (tertiary/aromatic N) is 1. The molecule has 1 saturated heterocycles. The molecule has 1 aliphatic rings. The van der Waals surface area contributed by atoms with Crippen molar-refractivity contribution in [2.45, 2.75) is 26.3 Å². The van der Waals surface area contributed by atoms with E-state index < -0.39 is 0 Å². The van der Waals surface area contributed by atoms with Crippen molar-refractivity contribution in [1.82, 2.24) is 4.98 Å². The van der Waals surface area contributed by atoms with Crippen LogP contribution < -0.4 is 5.32 Å². The van der Waals surface area contributed by atoms with Gasteiger partial charge in [-0.05, 0) is 48.3 Å². The van der Waals surface area contributed by atoms with Gasteiger partial charge >= 0.3 is 0 Å². The third kappa shape index (κ3) is 2.74. The maximum atomic E-state index is 5.39. The van der Waals surface area contributed by atoms with Crippen LogP contribution in [0.5, 0.6) is 0 Å². The van der Waals surface area contributed by atoms with Gasteiger partial charge in [0.05, 0.1) is 12.3 Å². The fraction of sp³-hybridized carbons (Fsp3) is 0.583. The topological polar surface area (TPSA) is 34.2 Å². The first-order valence-corrected chi connectivity index (χ1v) is 6.43. The predicted octanol–water partition coefficient (Wildman–Crippen LogP) is 2.99. The molecule has 3 nitrogen and oxygen atoms in total. The third-order valence-electron chi connectivity index (χ3n) is 3.07. The van der Waals surface area contributed by atoms with Crippen LogP contribution in [0.25, 0.3) is 0 Å². The Hall–Kier alpha value is -0.610. The average Bonchev–Trinajstić information content (AvgIpc) is 2.77. The van der Waals surface area contributed by atoms with E-state index in [9.17, 15) is 0 Å². The van der Waals surface area contributed by atoms with Gasteiger partial charge in [-0.15, -0.1) is 0 Å². The van der Waals surface area contributed by atoms with Gasteiger partial charge in [0.1, 0.15) is 5.82 Å². The van der Waals surface area contributed by atoms with Crippen molar-refractivity contribution in [3.05, 3.63) is 22.3 Å². The summed E-state index contributed by atoms with van der Waals surface area (Å²) in [5, 5.41) is 3.44. The van der Waals surface area contributed by atoms with Crippen molar-refractivity contribution in [2.75, 3.05) is 18.5 Å². The summed E-state index contributed by atoms with van der Waals surface area (Å²) in [5.41, 5.74) is 1.01. The largest absolute Gasteiger partial charge is 0.381 e. The number of aryl methyl sites for hydroxylation is 1. The highest BCUT2D eigenvalue weighted by atomic mass is 79.9. The lowest BCUT2D eigenvalue weighted by Crippen LogP contribution is -2.26. The standard InChI is InChI=1S/C12H17BrN2O/c1-8(10-5-6-16-7-10)14-12-4-3-11(13)9(2)15-12/h3-4,8,10H,5-7H2,1-2H3,(H,14,15)/t8-,10+/m1/s1. The van der Waals surface area contributed by atoms with Crippen LogP contribution in [0, 0.1) is 12.8 Å². The van der Waals surface area contributed by atoms with Gasteiger partial charge in [0.2, 0.25) is 0 Å². The summed E-state index contributed by atoms with van der Waals surface area (Å²) in [5.74, 6) is 1.55. The molecule has 1 fully saturated rings. The first kappa shape index (κ1) is 11.9. The third-order valence-corrected chi connectivity index (χ3v) is 3.91. The van der Waals surface area contributed by atoms with Crippen molar-refractivity contribution in [1.29, 1.82) is 0 Å². The minimum Gasteiger partial charge on any atom is -0.381 e. The zero-order valence-electron chi connectivity index (χ0n) is 9.66. The molecule has 0 saturated carbocycles. The van der Waals surface area contributed by atoms with Crippen LogP contribution in [-0.4, -0.2) is 24.2 Å². The first-order valence-electron chi connectivity index (χ1n) is 5.64. The number of hydrogen-bond donors (Lipinski definition) is 1. The fourth-order valence-electron chi connectivity index (χ4n) is 1.92. The molecule has 1 N–H and O–H groups in total. The second-order valence-electron chi connectivity index (χ2n) is 4.32. The van der Waals surface area contributed by atoms with Gasteiger partial charge in [-0.25, -0.2) is 4.98 Å². The summed E-state index contributed by atoms with van der Waals surface area (Å²) < 4.78 is 6.44. The number of rotatable bonds is 3. The maximum Gasteiger partial charge on any atom is 0.126 e. The van der Waals surface area contributed by atoms with E-state index in [0.717, 1.165) is 35.6 Å². The van der Waals surface area contributed by atoms with Gasteiger partial charge in [0.15, 0.2) is 0 Å². The molecular weight excluding hydrogens is 268 g/mol. The van der Waals surface area contributed by atoms with Crippen LogP contribution in [0.1, 0.15) is 19.0 Å². The fourth-order valence-corrected chi connectivity index (χ4v) is 2.14. The molecule has 0 aliphatic carbocycles. The van der Waals surface area contributed by atoms with E-state index in [1.165, 1.54) is 0 Å². The number of ether oxygens (including phenoxy) is 1. The molecule has 0 aromatic carbocycles. The highest BCUT2D eigenvalue weighted by molar-refractivity contribution is 9.10. The molecule has 88 valence electrons. The van der Waals surface area contributed by atoms with Crippen LogP contribution in [0.2, 0.25) is 0 Å². The quantitative estimate of drug-likeness (QED) is 0.927. The summed E-state index contributed by atoms with van der Waals surface area (Å²) in [6.45, 7) is 5.95. The van der Waals surface area contributed by atoms with Gasteiger partial charge in [0.25, 0.3) is 0 Å². The molecule has 0 radical (unpaired) electrons. The van der Waals surface area contributed by atoms with Gasteiger partial charge < -0.3 is 10.1 Å². The second kappa shape index (κ2) is 5.15. The number of pyridine rings is 1. The van der Waals surface area contributed by atoms with Crippen molar-refractivity contribution in [3.63, 3.8) is 0 Å². The normalized spacial score (nSPS) is 22.1. The average molecular weight is 285 g/mol. The molecule has 2 heterocycles. The Kier molecular flexibility index (Phi) is 3.82. The molecule has 1 aromatic rings. The summed E-state index contributed by atoms with van der Waals surface area (Å²) in [6, 6.07) is 4.45. The van der Waals surface area contributed by atoms with Crippen LogP contribution >= 0.6 is 15.9 Å². The van der Waals surface area contributed by atoms with E-state index in [1.807, 2.05) is 19.1 Å². The molecule has 2 rings (SSSR count). The van der Waals surface area contributed by atoms with Crippen LogP contribution in [0.4, 0.5) is 5.82 Å². The molecule has 1 aliphatic heterocycles. The van der Waals surface area contributed by atoms with Crippen molar-refractivity contribution >= 4 is 21.7 Å². The zero-order valence-corrected chi connectivity index (χ0v) is 11.3. The smallest absolute Gasteiger partial charge is 0.126 e. The molecule has 0 unspecified atom stereocenters. The Bertz CT molecular complexity index is 364. The number of nitrogens with one attached hydrogen (secondary N) is 1. The van der Waals surface area contributed by atoms with Crippen LogP contribution in [0.3, 0.4) is 0 Å². The van der Waals surface area contributed by atoms with Crippen molar-refractivity contribution in [2.24, 2.45) is 5.92 Å². The zero-order chi connectivity index (χ0) is 11.5. The Morgan fingerprint density at radius 1 is 1.56 bits per heavy atom. The monoisotopic (exact) mass is 284 g/mol. The number of anilines is 1. The SMILES string of the molecule is Cc1nc(N[C@H](C)[C@H]2CCOC2)ccc1Br. The summed E-state index contributed by atoms with van der Waals surface area (Å²) in [6.07, 6.45) is 1.14. The maximum absolute atomic E-state index is 5.39. The molecule has 0 spiro atoms. The lowest BCUT2D eigenvalue weighted by Gasteiger charge is -2.20. The molecular formula is C12H17BrN2O. The van der Waals surface area contributed by atoms with Crippen LogP contribution in [-0.2, 0) is 4.74 Å². The van der Waals surface area contributed by atoms with Crippen LogP contribution in [0.15, 0.2) is 16.6 Å². The van der Waals surface area contributed by atoms with E-state index in [2.05, 4.69) is 33.2 Å². The highest BCUT2D eigenvalue weighted by Gasteiger charge is 2.22. The molecule has 0 amide bonds. The summed E-state index contributed by atoms with van der Waals surface area (Å²) in [4.78, 5) is 4.49. The van der Waals surface area contributed by atoms with E-state index >= 15 is 0 Å². The second-order valence-corrected chi connectivity index (χ2v) is 5.17. The minimum atomic E-state index is 0.413. The Labute approximate surface area is 105 Å². The molecule has 0 bridgehead atoms. The number of hydrogen-bond acceptors (Lipinski definition) is 3. The van der Waals surface area contributed by atoms with Gasteiger partial charge in [-0.1, -0.05) is 0 Å². The lowest BCUT2D eigenvalue weighted by molar-refractivity contribution is 0.183. The first-order chi connectivity index (χ1) is 7.66. The summed E-state index contributed by atoms with van der Waals surface area (Å²) >= 11 is 3.45. The van der Waals surface area contributed by atoms with Crippen molar-refractivity contribution < 1.29 is 4.74 Å². The van der Waals surface area contributed by atoms with Gasteiger partial charge in [0, 0.05) is 23.0 Å². The van der Waals surface area contributed by atoms with E-state index in [4.69, 9.17) is 4.74 Å². The predicted molar refractivity (Wildman–Crippen MR) is 68.7 cm³/mol. The Morgan fingerprint density at radius 3 is 3.00 bits per heavy atom.